The Morgan fingerprint density at radius 3 is 2.28 bits per heavy atom. The molecule has 0 spiro atoms. The number of likely N-dealkylation sites (N-methyl/N-ethyl adjacent to an activating group) is 1. The van der Waals surface area contributed by atoms with Crippen LogP contribution in [0.5, 0.6) is 0 Å². The van der Waals surface area contributed by atoms with Gasteiger partial charge in [-0.3, -0.25) is 0 Å². The molecule has 5 heteroatoms. The van der Waals surface area contributed by atoms with E-state index in [0.717, 1.165) is 5.57 Å². The van der Waals surface area contributed by atoms with E-state index in [1.165, 1.54) is 0 Å². The van der Waals surface area contributed by atoms with Crippen LogP contribution in [-0.2, 0) is 4.79 Å². The van der Waals surface area contributed by atoms with Crippen molar-refractivity contribution >= 4 is 12.0 Å². The number of hydrogen-bond donors (Lipinski definition) is 2. The molecule has 0 radical (unpaired) electrons. The minimum absolute atomic E-state index is 0.102. The Morgan fingerprint density at radius 1 is 1.39 bits per heavy atom. The normalized spacial score (nSPS) is 13.6. The molecule has 0 aromatic heterocycles. The van der Waals surface area contributed by atoms with Crippen molar-refractivity contribution in [2.24, 2.45) is 5.92 Å². The van der Waals surface area contributed by atoms with E-state index in [1.54, 1.807) is 4.90 Å². The minimum atomic E-state index is -0.996. The summed E-state index contributed by atoms with van der Waals surface area (Å²) in [4.78, 5) is 24.6. The maximum atomic E-state index is 12.0. The van der Waals surface area contributed by atoms with Crippen LogP contribution in [-0.4, -0.2) is 41.1 Å². The first-order valence-electron chi connectivity index (χ1n) is 6.26. The maximum Gasteiger partial charge on any atom is 0.326 e. The number of carboxylic acid groups (broad SMARTS) is 1. The van der Waals surface area contributed by atoms with Crippen molar-refractivity contribution in [3.63, 3.8) is 0 Å². The van der Waals surface area contributed by atoms with Crippen LogP contribution in [0.1, 0.15) is 34.1 Å². The molecule has 2 N–H and O–H groups in total. The molecule has 0 saturated carbocycles. The minimum Gasteiger partial charge on any atom is -0.480 e. The second kappa shape index (κ2) is 7.74. The molecule has 0 heterocycles. The highest BCUT2D eigenvalue weighted by Gasteiger charge is 2.26. The van der Waals surface area contributed by atoms with Gasteiger partial charge < -0.3 is 15.3 Å². The van der Waals surface area contributed by atoms with Crippen LogP contribution in [0.2, 0.25) is 0 Å². The number of urea groups is 1. The van der Waals surface area contributed by atoms with Gasteiger partial charge in [0.2, 0.25) is 0 Å². The van der Waals surface area contributed by atoms with Gasteiger partial charge in [-0.15, -0.1) is 0 Å². The molecule has 18 heavy (non-hydrogen) atoms. The van der Waals surface area contributed by atoms with E-state index in [4.69, 9.17) is 5.11 Å². The smallest absolute Gasteiger partial charge is 0.326 e. The Hall–Kier alpha value is -1.52. The third kappa shape index (κ3) is 5.21. The first kappa shape index (κ1) is 16.5. The Kier molecular flexibility index (Phi) is 7.08. The third-order valence-electron chi connectivity index (χ3n) is 2.89. The van der Waals surface area contributed by atoms with E-state index in [9.17, 15) is 9.59 Å². The Balaban J connectivity index is 4.66. The average Bonchev–Trinajstić information content (AvgIpc) is 2.30. The molecule has 2 atom stereocenters. The highest BCUT2D eigenvalue weighted by atomic mass is 16.4. The molecule has 0 fully saturated rings. The quantitative estimate of drug-likeness (QED) is 0.685. The molecule has 0 bridgehead atoms. The van der Waals surface area contributed by atoms with E-state index in [-0.39, 0.29) is 11.9 Å². The summed E-state index contributed by atoms with van der Waals surface area (Å²) in [6, 6.07) is -1.20. The number of carbonyl (C=O) groups is 2. The molecule has 0 unspecified atom stereocenters. The van der Waals surface area contributed by atoms with E-state index in [2.05, 4.69) is 11.9 Å². The zero-order valence-corrected chi connectivity index (χ0v) is 11.7. The average molecular weight is 256 g/mol. The van der Waals surface area contributed by atoms with Gasteiger partial charge in [-0.1, -0.05) is 32.4 Å². The van der Waals surface area contributed by atoms with Crippen molar-refractivity contribution in [1.82, 2.24) is 10.2 Å². The second-order valence-corrected chi connectivity index (χ2v) is 4.62. The number of aliphatic carboxylic acids is 1. The summed E-state index contributed by atoms with van der Waals surface area (Å²) in [6.45, 7) is 12.1. The van der Waals surface area contributed by atoms with Crippen molar-refractivity contribution in [2.75, 3.05) is 13.1 Å². The Morgan fingerprint density at radius 2 is 1.94 bits per heavy atom. The van der Waals surface area contributed by atoms with E-state index in [0.29, 0.717) is 19.5 Å². The zero-order chi connectivity index (χ0) is 14.3. The van der Waals surface area contributed by atoms with Crippen molar-refractivity contribution < 1.29 is 14.7 Å². The number of rotatable bonds is 7. The number of nitrogens with zero attached hydrogens (tertiary/aromatic N) is 1. The lowest BCUT2D eigenvalue weighted by atomic mass is 9.99. The Labute approximate surface area is 109 Å². The van der Waals surface area contributed by atoms with Gasteiger partial charge in [-0.05, 0) is 19.8 Å². The maximum absolute atomic E-state index is 12.0. The van der Waals surface area contributed by atoms with Crippen molar-refractivity contribution in [1.29, 1.82) is 0 Å². The predicted molar refractivity (Wildman–Crippen MR) is 71.5 cm³/mol. The van der Waals surface area contributed by atoms with Crippen molar-refractivity contribution in [2.45, 2.75) is 40.2 Å². The number of nitrogens with one attached hydrogen (secondary N) is 1. The van der Waals surface area contributed by atoms with Crippen LogP contribution in [0.25, 0.3) is 0 Å². The number of amides is 2. The summed E-state index contributed by atoms with van der Waals surface area (Å²) in [5.41, 5.74) is 0.863. The molecule has 0 saturated heterocycles. The van der Waals surface area contributed by atoms with Crippen LogP contribution >= 0.6 is 0 Å². The summed E-state index contributed by atoms with van der Waals surface area (Å²) in [5, 5.41) is 11.7. The highest BCUT2D eigenvalue weighted by molar-refractivity contribution is 5.82. The van der Waals surface area contributed by atoms with Gasteiger partial charge in [0.25, 0.3) is 0 Å². The lowest BCUT2D eigenvalue weighted by Crippen LogP contribution is -2.50. The van der Waals surface area contributed by atoms with Gasteiger partial charge in [-0.25, -0.2) is 9.59 Å². The summed E-state index contributed by atoms with van der Waals surface area (Å²) >= 11 is 0. The van der Waals surface area contributed by atoms with Crippen molar-refractivity contribution in [3.8, 4) is 0 Å². The van der Waals surface area contributed by atoms with Crippen LogP contribution in [0.4, 0.5) is 4.79 Å². The van der Waals surface area contributed by atoms with Gasteiger partial charge in [0.15, 0.2) is 0 Å². The fraction of sp³-hybridized carbons (Fsp3) is 0.692. The van der Waals surface area contributed by atoms with E-state index in [1.807, 2.05) is 27.7 Å². The summed E-state index contributed by atoms with van der Waals surface area (Å²) in [6.07, 6.45) is 0.698. The lowest BCUT2D eigenvalue weighted by molar-refractivity contribution is -0.140. The molecule has 0 aromatic rings. The van der Waals surface area contributed by atoms with Crippen LogP contribution in [0.15, 0.2) is 12.2 Å². The first-order chi connectivity index (χ1) is 8.33. The fourth-order valence-corrected chi connectivity index (χ4v) is 1.56. The molecule has 0 rings (SSSR count). The van der Waals surface area contributed by atoms with Crippen LogP contribution in [0, 0.1) is 5.92 Å². The molecule has 5 nitrogen and oxygen atoms in total. The first-order valence-corrected chi connectivity index (χ1v) is 6.26. The zero-order valence-electron chi connectivity index (χ0n) is 11.7. The fourth-order valence-electron chi connectivity index (χ4n) is 1.56. The molecule has 0 aliphatic rings. The molecule has 0 aromatic carbocycles. The molecular formula is C13H24N2O3. The Bertz CT molecular complexity index is 315. The third-order valence-corrected chi connectivity index (χ3v) is 2.89. The SMILES string of the molecule is C=C(C)CN(CC)C(=O)N[C@H](C(=O)O)[C@@H](C)CC. The highest BCUT2D eigenvalue weighted by Crippen LogP contribution is 2.09. The van der Waals surface area contributed by atoms with Gasteiger partial charge in [0.05, 0.1) is 0 Å². The number of carbonyl (C=O) groups excluding carboxylic acids is 1. The molecule has 104 valence electrons. The molecule has 0 aliphatic heterocycles. The van der Waals surface area contributed by atoms with Gasteiger partial charge in [0.1, 0.15) is 6.04 Å². The van der Waals surface area contributed by atoms with E-state index >= 15 is 0 Å². The predicted octanol–water partition coefficient (Wildman–Crippen LogP) is 2.09. The second-order valence-electron chi connectivity index (χ2n) is 4.62. The molecule has 0 aliphatic carbocycles. The monoisotopic (exact) mass is 256 g/mol. The van der Waals surface area contributed by atoms with E-state index < -0.39 is 12.0 Å². The molecular weight excluding hydrogens is 232 g/mol. The summed E-state index contributed by atoms with van der Waals surface area (Å²) in [7, 11) is 0. The van der Waals surface area contributed by atoms with Crippen LogP contribution < -0.4 is 5.32 Å². The summed E-state index contributed by atoms with van der Waals surface area (Å²) in [5.74, 6) is -1.10. The van der Waals surface area contributed by atoms with Gasteiger partial charge in [0, 0.05) is 13.1 Å². The van der Waals surface area contributed by atoms with Gasteiger partial charge in [-0.2, -0.15) is 0 Å². The standard InChI is InChI=1S/C13H24N2O3/c1-6-10(5)11(12(16)17)14-13(18)15(7-2)8-9(3)4/h10-11H,3,6-8H2,1-2,4-5H3,(H,14,18)(H,16,17)/t10-,11-/m0/s1. The van der Waals surface area contributed by atoms with Crippen LogP contribution in [0.3, 0.4) is 0 Å². The summed E-state index contributed by atoms with van der Waals surface area (Å²) < 4.78 is 0. The van der Waals surface area contributed by atoms with Gasteiger partial charge >= 0.3 is 12.0 Å². The van der Waals surface area contributed by atoms with Crippen molar-refractivity contribution in [3.05, 3.63) is 12.2 Å². The lowest BCUT2D eigenvalue weighted by Gasteiger charge is -2.26. The molecule has 2 amide bonds. The number of hydrogen-bond acceptors (Lipinski definition) is 2. The number of carboxylic acids is 1. The topological polar surface area (TPSA) is 69.6 Å². The largest absolute Gasteiger partial charge is 0.480 e.